The molecule has 1 aromatic carbocycles. The third-order valence-corrected chi connectivity index (χ3v) is 8.12. The van der Waals surface area contributed by atoms with Crippen molar-refractivity contribution in [3.05, 3.63) is 69.6 Å². The van der Waals surface area contributed by atoms with Crippen LogP contribution in [0.5, 0.6) is 5.75 Å². The van der Waals surface area contributed by atoms with Gasteiger partial charge in [0.05, 0.1) is 46.3 Å². The molecule has 0 aliphatic carbocycles. The highest BCUT2D eigenvalue weighted by Crippen LogP contribution is 2.43. The molecule has 0 spiro atoms. The summed E-state index contributed by atoms with van der Waals surface area (Å²) in [6.07, 6.45) is 5.46. The minimum absolute atomic E-state index is 0.0914. The van der Waals surface area contributed by atoms with Gasteiger partial charge in [0.25, 0.3) is 0 Å². The Morgan fingerprint density at radius 1 is 1.15 bits per heavy atom. The predicted octanol–water partition coefficient (Wildman–Crippen LogP) is 7.78. The molecule has 1 unspecified atom stereocenters. The molecule has 0 saturated carbocycles. The van der Waals surface area contributed by atoms with E-state index in [1.807, 2.05) is 52.0 Å². The van der Waals surface area contributed by atoms with Crippen molar-refractivity contribution in [2.75, 3.05) is 18.1 Å². The summed E-state index contributed by atoms with van der Waals surface area (Å²) in [4.78, 5) is 23.5. The Balaban J connectivity index is 1.66. The number of anilines is 1. The largest absolute Gasteiger partial charge is 0.492 e. The van der Waals surface area contributed by atoms with Gasteiger partial charge in [0.15, 0.2) is 0 Å². The number of aliphatic carboxylic acids is 1. The van der Waals surface area contributed by atoms with Crippen LogP contribution in [0, 0.1) is 12.3 Å². The van der Waals surface area contributed by atoms with Gasteiger partial charge in [-0.15, -0.1) is 0 Å². The first-order valence-electron chi connectivity index (χ1n) is 13.9. The summed E-state index contributed by atoms with van der Waals surface area (Å²) in [5, 5.41) is 10.9. The van der Waals surface area contributed by atoms with Gasteiger partial charge in [-0.2, -0.15) is 0 Å². The lowest BCUT2D eigenvalue weighted by Crippen LogP contribution is -2.50. The Labute approximate surface area is 252 Å². The zero-order valence-corrected chi connectivity index (χ0v) is 26.1. The molecular weight excluding hydrogens is 561 g/mol. The van der Waals surface area contributed by atoms with E-state index in [9.17, 15) is 9.90 Å². The number of carboxylic acids is 1. The minimum atomic E-state index is -0.907. The van der Waals surface area contributed by atoms with Gasteiger partial charge in [-0.25, -0.2) is 0 Å². The van der Waals surface area contributed by atoms with Gasteiger partial charge in [0.2, 0.25) is 0 Å². The van der Waals surface area contributed by atoms with Gasteiger partial charge in [-0.3, -0.25) is 14.8 Å². The van der Waals surface area contributed by atoms with Crippen molar-refractivity contribution >= 4 is 34.9 Å². The monoisotopic (exact) mass is 599 g/mol. The Hall–Kier alpha value is -2.87. The topological polar surface area (TPSA) is 84.8 Å². The smallest absolute Gasteiger partial charge is 0.307 e. The van der Waals surface area contributed by atoms with Gasteiger partial charge >= 0.3 is 5.97 Å². The maximum Gasteiger partial charge on any atom is 0.307 e. The molecule has 4 rings (SSSR count). The molecule has 1 saturated heterocycles. The molecule has 1 fully saturated rings. The SMILES string of the molecule is Cc1ncc(-c2ccc(OCCc3cccc(Cl)c3Cl)cn2)c(N2CCC(C)(C)CC2OC(C)(C)C)c1CC(=O)O. The first-order valence-corrected chi connectivity index (χ1v) is 14.7. The summed E-state index contributed by atoms with van der Waals surface area (Å²) in [5.41, 5.74) is 4.27. The molecule has 1 aliphatic rings. The Bertz CT molecular complexity index is 1380. The highest BCUT2D eigenvalue weighted by atomic mass is 35.5. The molecule has 1 aliphatic heterocycles. The van der Waals surface area contributed by atoms with Crippen molar-refractivity contribution in [1.82, 2.24) is 9.97 Å². The van der Waals surface area contributed by atoms with E-state index in [1.165, 1.54) is 0 Å². The zero-order chi connectivity index (χ0) is 29.9. The van der Waals surface area contributed by atoms with Crippen LogP contribution in [0.15, 0.2) is 42.7 Å². The standard InChI is InChI=1S/C32H39Cl2N3O4/c1-20-23(16-28(38)39)30(37-14-13-32(5,6)17-27(37)41-31(2,3)4)24(19-35-20)26-11-10-22(18-36-26)40-15-12-21-8-7-9-25(33)29(21)34/h7-11,18-19,27H,12-17H2,1-6H3,(H,38,39). The summed E-state index contributed by atoms with van der Waals surface area (Å²) in [5.74, 6) is -0.289. The van der Waals surface area contributed by atoms with E-state index < -0.39 is 5.97 Å². The summed E-state index contributed by atoms with van der Waals surface area (Å²) in [6, 6.07) is 9.31. The number of hydrogen-bond donors (Lipinski definition) is 1. The van der Waals surface area contributed by atoms with Crippen LogP contribution in [0.2, 0.25) is 10.0 Å². The van der Waals surface area contributed by atoms with E-state index in [0.29, 0.717) is 45.8 Å². The van der Waals surface area contributed by atoms with E-state index in [0.717, 1.165) is 36.2 Å². The van der Waals surface area contributed by atoms with Crippen LogP contribution in [0.25, 0.3) is 11.3 Å². The number of carbonyl (C=O) groups is 1. The number of rotatable bonds is 9. The highest BCUT2D eigenvalue weighted by molar-refractivity contribution is 6.42. The van der Waals surface area contributed by atoms with Gasteiger partial charge in [-0.1, -0.05) is 49.2 Å². The van der Waals surface area contributed by atoms with E-state index in [-0.39, 0.29) is 23.7 Å². The number of aromatic nitrogens is 2. The lowest BCUT2D eigenvalue weighted by atomic mass is 9.81. The predicted molar refractivity (Wildman–Crippen MR) is 164 cm³/mol. The van der Waals surface area contributed by atoms with Gasteiger partial charge in [-0.05, 0) is 69.7 Å². The molecular formula is C32H39Cl2N3O4. The number of hydrogen-bond acceptors (Lipinski definition) is 6. The van der Waals surface area contributed by atoms with E-state index in [1.54, 1.807) is 18.5 Å². The Kier molecular flexibility index (Phi) is 9.52. The summed E-state index contributed by atoms with van der Waals surface area (Å²) in [6.45, 7) is 13.6. The van der Waals surface area contributed by atoms with Crippen molar-refractivity contribution in [2.24, 2.45) is 5.41 Å². The number of halogens is 2. The molecule has 7 nitrogen and oxygen atoms in total. The second-order valence-electron chi connectivity index (χ2n) is 12.3. The Morgan fingerprint density at radius 3 is 2.56 bits per heavy atom. The molecule has 0 bridgehead atoms. The third-order valence-electron chi connectivity index (χ3n) is 7.26. The fourth-order valence-electron chi connectivity index (χ4n) is 5.18. The fraction of sp³-hybridized carbons (Fsp3) is 0.469. The molecule has 1 atom stereocenters. The zero-order valence-electron chi connectivity index (χ0n) is 24.6. The molecule has 0 amide bonds. The van der Waals surface area contributed by atoms with Crippen LogP contribution >= 0.6 is 23.2 Å². The second-order valence-corrected chi connectivity index (χ2v) is 13.1. The number of aryl methyl sites for hydroxylation is 1. The van der Waals surface area contributed by atoms with Crippen LogP contribution in [-0.4, -0.2) is 46.0 Å². The second kappa shape index (κ2) is 12.6. The maximum atomic E-state index is 12.0. The van der Waals surface area contributed by atoms with Crippen LogP contribution in [-0.2, 0) is 22.4 Å². The Morgan fingerprint density at radius 2 is 1.90 bits per heavy atom. The molecule has 0 radical (unpaired) electrons. The maximum absolute atomic E-state index is 12.0. The number of benzene rings is 1. The molecule has 41 heavy (non-hydrogen) atoms. The summed E-state index contributed by atoms with van der Waals surface area (Å²) < 4.78 is 12.5. The number of nitrogens with zero attached hydrogens (tertiary/aromatic N) is 3. The van der Waals surface area contributed by atoms with E-state index in [2.05, 4.69) is 23.7 Å². The molecule has 1 N–H and O–H groups in total. The van der Waals surface area contributed by atoms with Crippen molar-refractivity contribution in [3.63, 3.8) is 0 Å². The van der Waals surface area contributed by atoms with Crippen LogP contribution < -0.4 is 9.64 Å². The average Bonchev–Trinajstić information content (AvgIpc) is 2.87. The van der Waals surface area contributed by atoms with Crippen molar-refractivity contribution < 1.29 is 19.4 Å². The molecule has 3 heterocycles. The number of piperidine rings is 1. The third kappa shape index (κ3) is 7.91. The molecule has 220 valence electrons. The molecule has 2 aromatic heterocycles. The quantitative estimate of drug-likeness (QED) is 0.269. The number of pyridine rings is 2. The van der Waals surface area contributed by atoms with Crippen LogP contribution in [0.1, 0.15) is 64.3 Å². The van der Waals surface area contributed by atoms with Gasteiger partial charge < -0.3 is 19.5 Å². The fourth-order valence-corrected chi connectivity index (χ4v) is 5.59. The van der Waals surface area contributed by atoms with Gasteiger partial charge in [0, 0.05) is 36.0 Å². The average molecular weight is 601 g/mol. The van der Waals surface area contributed by atoms with Crippen LogP contribution in [0.4, 0.5) is 5.69 Å². The lowest BCUT2D eigenvalue weighted by molar-refractivity contribution is -0.136. The lowest BCUT2D eigenvalue weighted by Gasteiger charge is -2.47. The first-order chi connectivity index (χ1) is 19.2. The summed E-state index contributed by atoms with van der Waals surface area (Å²) >= 11 is 12.4. The number of ether oxygens (including phenoxy) is 2. The van der Waals surface area contributed by atoms with E-state index in [4.69, 9.17) is 37.7 Å². The summed E-state index contributed by atoms with van der Waals surface area (Å²) in [7, 11) is 0. The van der Waals surface area contributed by atoms with Crippen molar-refractivity contribution in [2.45, 2.75) is 79.1 Å². The molecule has 9 heteroatoms. The van der Waals surface area contributed by atoms with Crippen LogP contribution in [0.3, 0.4) is 0 Å². The minimum Gasteiger partial charge on any atom is -0.492 e. The van der Waals surface area contributed by atoms with Crippen molar-refractivity contribution in [1.29, 1.82) is 0 Å². The van der Waals surface area contributed by atoms with Crippen molar-refractivity contribution in [3.8, 4) is 17.0 Å². The van der Waals surface area contributed by atoms with E-state index >= 15 is 0 Å². The molecule has 3 aromatic rings. The number of carboxylic acid groups (broad SMARTS) is 1. The highest BCUT2D eigenvalue weighted by Gasteiger charge is 2.38. The van der Waals surface area contributed by atoms with Gasteiger partial charge in [0.1, 0.15) is 12.0 Å². The normalized spacial score (nSPS) is 17.0. The first kappa shape index (κ1) is 31.1.